The Bertz CT molecular complexity index is 1280. The Morgan fingerprint density at radius 3 is 2.49 bits per heavy atom. The summed E-state index contributed by atoms with van der Waals surface area (Å²) in [6.45, 7) is 0.756. The fraction of sp³-hybridized carbons (Fsp3) is 0.259. The second kappa shape index (κ2) is 11.7. The largest absolute Gasteiger partial charge is 0.506 e. The predicted octanol–water partition coefficient (Wildman–Crippen LogP) is 5.64. The summed E-state index contributed by atoms with van der Waals surface area (Å²) in [6, 6.07) is 15.5. The topological polar surface area (TPSA) is 113 Å². The number of rotatable bonds is 9. The van der Waals surface area contributed by atoms with Crippen LogP contribution in [0.1, 0.15) is 34.0 Å². The van der Waals surface area contributed by atoms with Gasteiger partial charge in [-0.15, -0.1) is 0 Å². The van der Waals surface area contributed by atoms with Crippen molar-refractivity contribution in [3.63, 3.8) is 0 Å². The van der Waals surface area contributed by atoms with Crippen molar-refractivity contribution in [2.75, 3.05) is 27.4 Å². The molecule has 0 spiro atoms. The highest BCUT2D eigenvalue weighted by atomic mass is 35.5. The summed E-state index contributed by atoms with van der Waals surface area (Å²) in [5.41, 5.74) is 2.03. The Labute approximate surface area is 218 Å². The van der Waals surface area contributed by atoms with Gasteiger partial charge in [0.2, 0.25) is 0 Å². The third-order valence-corrected chi connectivity index (χ3v) is 6.08. The van der Waals surface area contributed by atoms with Crippen LogP contribution in [0.15, 0.2) is 54.6 Å². The molecular weight excluding hydrogens is 502 g/mol. The monoisotopic (exact) mass is 527 g/mol. The summed E-state index contributed by atoms with van der Waals surface area (Å²) in [7, 11) is 3.16. The van der Waals surface area contributed by atoms with Gasteiger partial charge in [-0.1, -0.05) is 17.7 Å². The number of benzene rings is 3. The van der Waals surface area contributed by atoms with Gasteiger partial charge < -0.3 is 34.1 Å². The number of carboxylic acid groups (broad SMARTS) is 1. The summed E-state index contributed by atoms with van der Waals surface area (Å²) >= 11 is 6.38. The lowest BCUT2D eigenvalue weighted by atomic mass is 10.0. The fourth-order valence-corrected chi connectivity index (χ4v) is 4.15. The van der Waals surface area contributed by atoms with Crippen molar-refractivity contribution in [1.82, 2.24) is 5.32 Å². The summed E-state index contributed by atoms with van der Waals surface area (Å²) in [4.78, 5) is 23.5. The van der Waals surface area contributed by atoms with Crippen LogP contribution in [-0.2, 0) is 11.2 Å². The maximum atomic E-state index is 12.6. The molecule has 1 aliphatic heterocycles. The van der Waals surface area contributed by atoms with Crippen molar-refractivity contribution in [3.05, 3.63) is 76.3 Å². The third kappa shape index (κ3) is 6.37. The van der Waals surface area contributed by atoms with Crippen LogP contribution in [0.4, 0.5) is 4.79 Å². The lowest BCUT2D eigenvalue weighted by Crippen LogP contribution is -2.25. The molecular formula is C27H26ClNO8. The van der Waals surface area contributed by atoms with Gasteiger partial charge in [0, 0.05) is 30.2 Å². The normalized spacial score (nSPS) is 14.1. The lowest BCUT2D eigenvalue weighted by Gasteiger charge is -2.25. The number of hydrogen-bond acceptors (Lipinski definition) is 7. The van der Waals surface area contributed by atoms with E-state index in [0.717, 1.165) is 5.56 Å². The fourth-order valence-electron chi connectivity index (χ4n) is 3.94. The van der Waals surface area contributed by atoms with E-state index in [1.807, 2.05) is 18.2 Å². The molecule has 0 aromatic heterocycles. The Morgan fingerprint density at radius 1 is 1.03 bits per heavy atom. The Kier molecular flexibility index (Phi) is 8.25. The molecule has 0 saturated heterocycles. The van der Waals surface area contributed by atoms with E-state index in [0.29, 0.717) is 65.9 Å². The maximum absolute atomic E-state index is 12.6. The number of fused-ring (bicyclic) bond motifs is 1. The molecule has 194 valence electrons. The molecule has 1 atom stereocenters. The van der Waals surface area contributed by atoms with E-state index in [-0.39, 0.29) is 10.9 Å². The Balaban J connectivity index is 1.35. The first-order valence-electron chi connectivity index (χ1n) is 11.5. The van der Waals surface area contributed by atoms with Crippen molar-refractivity contribution in [2.45, 2.75) is 18.9 Å². The van der Waals surface area contributed by atoms with Crippen molar-refractivity contribution < 1.29 is 38.4 Å². The van der Waals surface area contributed by atoms with E-state index in [2.05, 4.69) is 5.32 Å². The first-order chi connectivity index (χ1) is 17.9. The van der Waals surface area contributed by atoms with Gasteiger partial charge in [0.05, 0.1) is 25.8 Å². The molecule has 1 aliphatic rings. The van der Waals surface area contributed by atoms with Crippen LogP contribution >= 0.6 is 11.6 Å². The van der Waals surface area contributed by atoms with Gasteiger partial charge in [0.15, 0.2) is 11.5 Å². The second-order valence-electron chi connectivity index (χ2n) is 8.15. The van der Waals surface area contributed by atoms with Gasteiger partial charge in [0.1, 0.15) is 23.4 Å². The molecule has 9 nitrogen and oxygen atoms in total. The number of methoxy groups -OCH3 is 2. The minimum absolute atomic E-state index is 0.211. The highest BCUT2D eigenvalue weighted by Gasteiger charge is 2.27. The van der Waals surface area contributed by atoms with Crippen LogP contribution in [0.2, 0.25) is 5.02 Å². The molecule has 0 radical (unpaired) electrons. The van der Waals surface area contributed by atoms with E-state index in [1.165, 1.54) is 0 Å². The molecule has 0 bridgehead atoms. The number of carbonyl (C=O) groups is 2. The van der Waals surface area contributed by atoms with E-state index in [9.17, 15) is 9.59 Å². The van der Waals surface area contributed by atoms with Crippen LogP contribution in [0.25, 0.3) is 0 Å². The number of amides is 1. The standard InChI is InChI=1S/C27H26ClNO8/c1-33-22-8-3-16(13-25(22)34-2)9-11-29-26(30)17-4-6-18(7-5-17)36-24-15-23-19(14-20(24)28)21(10-12-35-23)37-27(31)32/h3-8,13-15,21H,9-12H2,1-2H3,(H,29,30)(H,31,32). The van der Waals surface area contributed by atoms with E-state index in [1.54, 1.807) is 50.6 Å². The molecule has 4 rings (SSSR count). The highest BCUT2D eigenvalue weighted by molar-refractivity contribution is 6.32. The van der Waals surface area contributed by atoms with Crippen LogP contribution in [0.5, 0.6) is 28.7 Å². The van der Waals surface area contributed by atoms with Crippen molar-refractivity contribution in [2.24, 2.45) is 0 Å². The van der Waals surface area contributed by atoms with Gasteiger partial charge in [-0.05, 0) is 54.4 Å². The molecule has 3 aromatic carbocycles. The Morgan fingerprint density at radius 2 is 1.78 bits per heavy atom. The molecule has 37 heavy (non-hydrogen) atoms. The van der Waals surface area contributed by atoms with Crippen LogP contribution in [0.3, 0.4) is 0 Å². The molecule has 3 aromatic rings. The molecule has 2 N–H and O–H groups in total. The predicted molar refractivity (Wildman–Crippen MR) is 136 cm³/mol. The molecule has 1 amide bonds. The number of halogens is 1. The van der Waals surface area contributed by atoms with Gasteiger partial charge in [-0.3, -0.25) is 4.79 Å². The molecule has 0 aliphatic carbocycles. The first-order valence-corrected chi connectivity index (χ1v) is 11.9. The van der Waals surface area contributed by atoms with Gasteiger partial charge >= 0.3 is 6.16 Å². The summed E-state index contributed by atoms with van der Waals surface area (Å²) < 4.78 is 27.0. The van der Waals surface area contributed by atoms with Crippen LogP contribution in [-0.4, -0.2) is 44.5 Å². The average Bonchev–Trinajstić information content (AvgIpc) is 2.89. The van der Waals surface area contributed by atoms with Crippen molar-refractivity contribution in [1.29, 1.82) is 0 Å². The number of hydrogen-bond donors (Lipinski definition) is 2. The number of carbonyl (C=O) groups excluding carboxylic acids is 1. The van der Waals surface area contributed by atoms with Crippen LogP contribution < -0.4 is 24.3 Å². The maximum Gasteiger partial charge on any atom is 0.506 e. The zero-order valence-corrected chi connectivity index (χ0v) is 21.0. The lowest BCUT2D eigenvalue weighted by molar-refractivity contribution is 0.0326. The minimum atomic E-state index is -1.36. The molecule has 0 fully saturated rings. The van der Waals surface area contributed by atoms with Crippen molar-refractivity contribution in [3.8, 4) is 28.7 Å². The van der Waals surface area contributed by atoms with Crippen LogP contribution in [0, 0.1) is 0 Å². The molecule has 1 heterocycles. The molecule has 10 heteroatoms. The number of ether oxygens (including phenoxy) is 5. The van der Waals surface area contributed by atoms with Gasteiger partial charge in [-0.25, -0.2) is 4.79 Å². The second-order valence-corrected chi connectivity index (χ2v) is 8.56. The average molecular weight is 528 g/mol. The molecule has 0 saturated carbocycles. The smallest absolute Gasteiger partial charge is 0.493 e. The number of nitrogens with one attached hydrogen (secondary N) is 1. The highest BCUT2D eigenvalue weighted by Crippen LogP contribution is 2.42. The van der Waals surface area contributed by atoms with Crippen molar-refractivity contribution >= 4 is 23.7 Å². The van der Waals surface area contributed by atoms with Gasteiger partial charge in [0.25, 0.3) is 5.91 Å². The first kappa shape index (κ1) is 26.0. The van der Waals surface area contributed by atoms with E-state index >= 15 is 0 Å². The Hall–Kier alpha value is -4.11. The molecule has 1 unspecified atom stereocenters. The van der Waals surface area contributed by atoms with Gasteiger partial charge in [-0.2, -0.15) is 0 Å². The van der Waals surface area contributed by atoms with E-state index < -0.39 is 12.3 Å². The quantitative estimate of drug-likeness (QED) is 0.344. The summed E-state index contributed by atoms with van der Waals surface area (Å²) in [6.07, 6.45) is -0.991. The summed E-state index contributed by atoms with van der Waals surface area (Å²) in [5, 5.41) is 12.1. The zero-order chi connectivity index (χ0) is 26.4. The minimum Gasteiger partial charge on any atom is -0.493 e. The SMILES string of the molecule is COc1ccc(CCNC(=O)c2ccc(Oc3cc4c(cc3Cl)C(OC(=O)O)CCO4)cc2)cc1OC. The third-order valence-electron chi connectivity index (χ3n) is 5.78. The van der Waals surface area contributed by atoms with E-state index in [4.69, 9.17) is 40.4 Å². The zero-order valence-electron chi connectivity index (χ0n) is 20.3. The summed E-state index contributed by atoms with van der Waals surface area (Å²) in [5.74, 6) is 2.33.